The molecule has 2 rings (SSSR count). The second-order valence-corrected chi connectivity index (χ2v) is 4.43. The van der Waals surface area contributed by atoms with Crippen LogP contribution in [0.2, 0.25) is 0 Å². The van der Waals surface area contributed by atoms with Crippen LogP contribution in [0.4, 0.5) is 0 Å². The van der Waals surface area contributed by atoms with Crippen molar-refractivity contribution in [1.29, 1.82) is 5.26 Å². The molecule has 1 aromatic carbocycles. The first-order valence-corrected chi connectivity index (χ1v) is 5.94. The maximum Gasteiger partial charge on any atom is 0.0991 e. The van der Waals surface area contributed by atoms with Crippen LogP contribution in [0.25, 0.3) is 0 Å². The van der Waals surface area contributed by atoms with Crippen molar-refractivity contribution in [2.24, 2.45) is 0 Å². The fraction of sp³-hybridized carbons (Fsp3) is 0.462. The van der Waals surface area contributed by atoms with Crippen LogP contribution in [0.1, 0.15) is 11.1 Å². The number of benzene rings is 1. The fourth-order valence-electron chi connectivity index (χ4n) is 1.86. The molecule has 0 unspecified atom stereocenters. The number of nitriles is 1. The molecule has 0 spiro atoms. The summed E-state index contributed by atoms with van der Waals surface area (Å²) in [4.78, 5) is 2.33. The number of nitrogens with one attached hydrogen (secondary N) is 1. The van der Waals surface area contributed by atoms with E-state index in [1.807, 2.05) is 24.3 Å². The first-order valence-electron chi connectivity index (χ1n) is 5.94. The van der Waals surface area contributed by atoms with Gasteiger partial charge in [0.2, 0.25) is 0 Å². The molecule has 0 amide bonds. The average Bonchev–Trinajstić information content (AvgIpc) is 2.39. The summed E-state index contributed by atoms with van der Waals surface area (Å²) < 4.78 is 0. The Balaban J connectivity index is 1.79. The molecule has 1 aliphatic rings. The van der Waals surface area contributed by atoms with E-state index < -0.39 is 0 Å². The number of hydrazine groups is 1. The summed E-state index contributed by atoms with van der Waals surface area (Å²) in [6, 6.07) is 9.86. The Hall–Kier alpha value is -1.41. The summed E-state index contributed by atoms with van der Waals surface area (Å²) in [5.41, 5.74) is 5.35. The molecule has 4 heteroatoms. The molecule has 90 valence electrons. The summed E-state index contributed by atoms with van der Waals surface area (Å²) in [6.45, 7) is 5.18. The lowest BCUT2D eigenvalue weighted by Crippen LogP contribution is -2.50. The van der Waals surface area contributed by atoms with E-state index in [2.05, 4.69) is 28.5 Å². The Labute approximate surface area is 102 Å². The van der Waals surface area contributed by atoms with Crippen molar-refractivity contribution in [1.82, 2.24) is 15.3 Å². The van der Waals surface area contributed by atoms with E-state index in [0.29, 0.717) is 5.56 Å². The summed E-state index contributed by atoms with van der Waals surface area (Å²) in [5, 5.41) is 11.0. The van der Waals surface area contributed by atoms with Gasteiger partial charge in [0.15, 0.2) is 0 Å². The number of hydrogen-bond acceptors (Lipinski definition) is 4. The van der Waals surface area contributed by atoms with Crippen molar-refractivity contribution in [3.8, 4) is 6.07 Å². The van der Waals surface area contributed by atoms with Gasteiger partial charge in [0.25, 0.3) is 0 Å². The molecule has 1 fully saturated rings. The molecule has 0 aromatic heterocycles. The highest BCUT2D eigenvalue weighted by molar-refractivity contribution is 5.31. The molecule has 4 nitrogen and oxygen atoms in total. The van der Waals surface area contributed by atoms with Crippen LogP contribution in [-0.4, -0.2) is 43.1 Å². The van der Waals surface area contributed by atoms with Crippen molar-refractivity contribution < 1.29 is 0 Å². The second-order valence-electron chi connectivity index (χ2n) is 4.43. The topological polar surface area (TPSA) is 42.3 Å². The molecule has 1 heterocycles. The normalized spacial score (nSPS) is 17.9. The van der Waals surface area contributed by atoms with Gasteiger partial charge in [0, 0.05) is 32.7 Å². The van der Waals surface area contributed by atoms with Crippen LogP contribution in [0, 0.1) is 11.3 Å². The van der Waals surface area contributed by atoms with Crippen LogP contribution in [0.3, 0.4) is 0 Å². The Kier molecular flexibility index (Phi) is 4.10. The van der Waals surface area contributed by atoms with Gasteiger partial charge in [-0.05, 0) is 24.7 Å². The smallest absolute Gasteiger partial charge is 0.0991 e. The van der Waals surface area contributed by atoms with E-state index in [4.69, 9.17) is 5.26 Å². The van der Waals surface area contributed by atoms with Gasteiger partial charge in [0.05, 0.1) is 11.6 Å². The highest BCUT2D eigenvalue weighted by Crippen LogP contribution is 2.04. The Bertz CT molecular complexity index is 385. The van der Waals surface area contributed by atoms with E-state index in [1.165, 1.54) is 5.56 Å². The highest BCUT2D eigenvalue weighted by atomic mass is 15.5. The number of piperazine rings is 1. The van der Waals surface area contributed by atoms with Crippen molar-refractivity contribution >= 4 is 0 Å². The van der Waals surface area contributed by atoms with E-state index in [9.17, 15) is 0 Å². The van der Waals surface area contributed by atoms with Crippen LogP contribution < -0.4 is 5.43 Å². The standard InChI is InChI=1S/C13H18N4/c1-16-6-8-17(9-7-16)15-11-13-4-2-12(10-14)3-5-13/h2-5,15H,6-9,11H2,1H3. The third-order valence-corrected chi connectivity index (χ3v) is 3.09. The van der Waals surface area contributed by atoms with Gasteiger partial charge in [-0.15, -0.1) is 0 Å². The van der Waals surface area contributed by atoms with E-state index in [-0.39, 0.29) is 0 Å². The molecular formula is C13H18N4. The predicted molar refractivity (Wildman–Crippen MR) is 67.1 cm³/mol. The molecular weight excluding hydrogens is 212 g/mol. The summed E-state index contributed by atoms with van der Waals surface area (Å²) in [6.07, 6.45) is 0. The average molecular weight is 230 g/mol. The number of hydrogen-bond donors (Lipinski definition) is 1. The van der Waals surface area contributed by atoms with Crippen LogP contribution in [0.15, 0.2) is 24.3 Å². The fourth-order valence-corrected chi connectivity index (χ4v) is 1.86. The molecule has 0 saturated carbocycles. The maximum absolute atomic E-state index is 8.71. The Morgan fingerprint density at radius 2 is 1.82 bits per heavy atom. The summed E-state index contributed by atoms with van der Waals surface area (Å²) in [7, 11) is 2.15. The van der Waals surface area contributed by atoms with E-state index >= 15 is 0 Å². The molecule has 17 heavy (non-hydrogen) atoms. The molecule has 0 atom stereocenters. The van der Waals surface area contributed by atoms with E-state index in [0.717, 1.165) is 32.7 Å². The summed E-state index contributed by atoms with van der Waals surface area (Å²) in [5.74, 6) is 0. The zero-order valence-electron chi connectivity index (χ0n) is 10.2. The third kappa shape index (κ3) is 3.53. The molecule has 0 radical (unpaired) electrons. The molecule has 1 aliphatic heterocycles. The number of likely N-dealkylation sites (N-methyl/N-ethyl adjacent to an activating group) is 1. The van der Waals surface area contributed by atoms with Gasteiger partial charge in [0.1, 0.15) is 0 Å². The second kappa shape index (κ2) is 5.78. The lowest BCUT2D eigenvalue weighted by Gasteiger charge is -2.32. The SMILES string of the molecule is CN1CCN(NCc2ccc(C#N)cc2)CC1. The minimum absolute atomic E-state index is 0.716. The van der Waals surface area contributed by atoms with E-state index in [1.54, 1.807) is 0 Å². The summed E-state index contributed by atoms with van der Waals surface area (Å²) >= 11 is 0. The van der Waals surface area contributed by atoms with Gasteiger partial charge in [-0.2, -0.15) is 5.26 Å². The molecule has 1 N–H and O–H groups in total. The first-order chi connectivity index (χ1) is 8.28. The van der Waals surface area contributed by atoms with Crippen LogP contribution in [0.5, 0.6) is 0 Å². The molecule has 0 bridgehead atoms. The van der Waals surface area contributed by atoms with Crippen molar-refractivity contribution in [3.05, 3.63) is 35.4 Å². The van der Waals surface area contributed by atoms with Crippen LogP contribution >= 0.6 is 0 Å². The van der Waals surface area contributed by atoms with Crippen molar-refractivity contribution in [2.45, 2.75) is 6.54 Å². The lowest BCUT2D eigenvalue weighted by molar-refractivity contribution is 0.102. The largest absolute Gasteiger partial charge is 0.304 e. The predicted octanol–water partition coefficient (Wildman–Crippen LogP) is 0.810. The van der Waals surface area contributed by atoms with Crippen LogP contribution in [-0.2, 0) is 6.54 Å². The van der Waals surface area contributed by atoms with Crippen molar-refractivity contribution in [3.63, 3.8) is 0 Å². The minimum Gasteiger partial charge on any atom is -0.304 e. The van der Waals surface area contributed by atoms with Gasteiger partial charge < -0.3 is 4.90 Å². The lowest BCUT2D eigenvalue weighted by atomic mass is 10.1. The molecule has 0 aliphatic carbocycles. The zero-order valence-corrected chi connectivity index (χ0v) is 10.2. The molecule has 1 aromatic rings. The minimum atomic E-state index is 0.716. The highest BCUT2D eigenvalue weighted by Gasteiger charge is 2.12. The third-order valence-electron chi connectivity index (χ3n) is 3.09. The Morgan fingerprint density at radius 1 is 1.18 bits per heavy atom. The van der Waals surface area contributed by atoms with Crippen molar-refractivity contribution in [2.75, 3.05) is 33.2 Å². The number of nitrogens with zero attached hydrogens (tertiary/aromatic N) is 3. The van der Waals surface area contributed by atoms with Gasteiger partial charge >= 0.3 is 0 Å². The Morgan fingerprint density at radius 3 is 2.41 bits per heavy atom. The molecule has 1 saturated heterocycles. The maximum atomic E-state index is 8.71. The van der Waals surface area contributed by atoms with Gasteiger partial charge in [-0.1, -0.05) is 12.1 Å². The number of rotatable bonds is 3. The van der Waals surface area contributed by atoms with Gasteiger partial charge in [-0.25, -0.2) is 5.01 Å². The zero-order chi connectivity index (χ0) is 12.1. The quantitative estimate of drug-likeness (QED) is 0.834. The monoisotopic (exact) mass is 230 g/mol. The first kappa shape index (κ1) is 12.1. The van der Waals surface area contributed by atoms with Gasteiger partial charge in [-0.3, -0.25) is 5.43 Å².